The Morgan fingerprint density at radius 3 is 2.60 bits per heavy atom. The number of thioether (sulfide) groups is 2. The molecule has 3 aromatic rings. The van der Waals surface area contributed by atoms with E-state index in [0.717, 1.165) is 29.0 Å². The standard InChI is InChI=1S/C21H23FN4O2S2/c1-29-11-10-18(21-25-16-8-4-5-9-17(16)26-21)24-20(28)13-30-12-19(27)23-15-7-3-2-6-14(15)22/h2-9,18H,10-13H2,1H3,(H,23,27)(H,24,28)(H,25,26)/t18-/m1/s1. The number of benzene rings is 2. The third-order valence-electron chi connectivity index (χ3n) is 4.30. The summed E-state index contributed by atoms with van der Waals surface area (Å²) in [5, 5.41) is 5.51. The summed E-state index contributed by atoms with van der Waals surface area (Å²) in [7, 11) is 0. The van der Waals surface area contributed by atoms with E-state index in [1.54, 1.807) is 23.9 Å². The number of nitrogens with one attached hydrogen (secondary N) is 3. The van der Waals surface area contributed by atoms with E-state index in [9.17, 15) is 14.0 Å². The fourth-order valence-electron chi connectivity index (χ4n) is 2.87. The van der Waals surface area contributed by atoms with Crippen LogP contribution in [0.25, 0.3) is 11.0 Å². The van der Waals surface area contributed by atoms with Crippen LogP contribution in [0.5, 0.6) is 0 Å². The minimum Gasteiger partial charge on any atom is -0.345 e. The second kappa shape index (κ2) is 11.0. The number of H-pyrrole nitrogens is 1. The van der Waals surface area contributed by atoms with Gasteiger partial charge in [-0.15, -0.1) is 11.8 Å². The van der Waals surface area contributed by atoms with Gasteiger partial charge in [-0.05, 0) is 42.7 Å². The summed E-state index contributed by atoms with van der Waals surface area (Å²) in [4.78, 5) is 32.3. The Morgan fingerprint density at radius 2 is 1.83 bits per heavy atom. The highest BCUT2D eigenvalue weighted by molar-refractivity contribution is 8.00. The SMILES string of the molecule is CSCC[C@@H](NC(=O)CSCC(=O)Nc1ccccc1F)c1nc2ccccc2[nH]1. The fraction of sp³-hybridized carbons (Fsp3) is 0.286. The number of rotatable bonds is 10. The first-order valence-corrected chi connectivity index (χ1v) is 12.0. The van der Waals surface area contributed by atoms with Gasteiger partial charge in [-0.25, -0.2) is 9.37 Å². The summed E-state index contributed by atoms with van der Waals surface area (Å²) in [6, 6.07) is 13.5. The molecule has 6 nitrogen and oxygen atoms in total. The van der Waals surface area contributed by atoms with E-state index < -0.39 is 5.82 Å². The van der Waals surface area contributed by atoms with Crippen molar-refractivity contribution >= 4 is 52.1 Å². The molecule has 0 saturated carbocycles. The highest BCUT2D eigenvalue weighted by Crippen LogP contribution is 2.20. The van der Waals surface area contributed by atoms with Crippen molar-refractivity contribution in [1.29, 1.82) is 0 Å². The summed E-state index contributed by atoms with van der Waals surface area (Å²) in [5.41, 5.74) is 1.92. The predicted octanol–water partition coefficient (Wildman–Crippen LogP) is 3.98. The third kappa shape index (κ3) is 6.24. The van der Waals surface area contributed by atoms with E-state index in [2.05, 4.69) is 20.6 Å². The lowest BCUT2D eigenvalue weighted by Gasteiger charge is -2.16. The molecule has 0 radical (unpaired) electrons. The van der Waals surface area contributed by atoms with Crippen LogP contribution in [0.2, 0.25) is 0 Å². The average Bonchev–Trinajstić information content (AvgIpc) is 3.17. The fourth-order valence-corrected chi connectivity index (χ4v) is 3.97. The topological polar surface area (TPSA) is 86.9 Å². The number of fused-ring (bicyclic) bond motifs is 1. The van der Waals surface area contributed by atoms with Crippen molar-refractivity contribution in [2.24, 2.45) is 0 Å². The first kappa shape index (κ1) is 22.2. The molecule has 0 unspecified atom stereocenters. The van der Waals surface area contributed by atoms with Gasteiger partial charge in [0.25, 0.3) is 0 Å². The number of aromatic nitrogens is 2. The summed E-state index contributed by atoms with van der Waals surface area (Å²) in [6.45, 7) is 0. The Morgan fingerprint density at radius 1 is 1.10 bits per heavy atom. The molecule has 0 spiro atoms. The van der Waals surface area contributed by atoms with E-state index in [0.29, 0.717) is 0 Å². The number of anilines is 1. The van der Waals surface area contributed by atoms with Crippen LogP contribution in [0.4, 0.5) is 10.1 Å². The molecule has 0 aliphatic heterocycles. The average molecular weight is 447 g/mol. The highest BCUT2D eigenvalue weighted by Gasteiger charge is 2.18. The maximum absolute atomic E-state index is 13.6. The maximum atomic E-state index is 13.6. The quantitative estimate of drug-likeness (QED) is 0.438. The monoisotopic (exact) mass is 446 g/mol. The zero-order valence-electron chi connectivity index (χ0n) is 16.5. The molecule has 1 atom stereocenters. The van der Waals surface area contributed by atoms with Crippen molar-refractivity contribution in [1.82, 2.24) is 15.3 Å². The van der Waals surface area contributed by atoms with E-state index >= 15 is 0 Å². The van der Waals surface area contributed by atoms with E-state index in [1.165, 1.54) is 23.9 Å². The van der Waals surface area contributed by atoms with E-state index in [4.69, 9.17) is 0 Å². The van der Waals surface area contributed by atoms with Crippen LogP contribution in [0.15, 0.2) is 48.5 Å². The lowest BCUT2D eigenvalue weighted by Crippen LogP contribution is -2.31. The number of aromatic amines is 1. The van der Waals surface area contributed by atoms with Gasteiger partial charge in [0.1, 0.15) is 11.6 Å². The largest absolute Gasteiger partial charge is 0.345 e. The second-order valence-corrected chi connectivity index (χ2v) is 8.53. The minimum absolute atomic E-state index is 0.0574. The van der Waals surface area contributed by atoms with Crippen LogP contribution in [0.1, 0.15) is 18.3 Å². The van der Waals surface area contributed by atoms with Gasteiger partial charge >= 0.3 is 0 Å². The number of hydrogen-bond donors (Lipinski definition) is 3. The first-order chi connectivity index (χ1) is 14.6. The Bertz CT molecular complexity index is 978. The van der Waals surface area contributed by atoms with Gasteiger partial charge in [0, 0.05) is 0 Å². The van der Waals surface area contributed by atoms with Crippen molar-refractivity contribution < 1.29 is 14.0 Å². The van der Waals surface area contributed by atoms with Gasteiger partial charge in [-0.1, -0.05) is 24.3 Å². The Hall–Kier alpha value is -2.52. The third-order valence-corrected chi connectivity index (χ3v) is 5.87. The molecule has 2 aromatic carbocycles. The minimum atomic E-state index is -0.490. The number of amides is 2. The van der Waals surface area contributed by atoms with Crippen molar-refractivity contribution in [2.45, 2.75) is 12.5 Å². The van der Waals surface area contributed by atoms with Crippen LogP contribution in [0.3, 0.4) is 0 Å². The molecule has 158 valence electrons. The number of carbonyl (C=O) groups excluding carboxylic acids is 2. The molecule has 3 rings (SSSR count). The zero-order chi connectivity index (χ0) is 21.3. The summed E-state index contributed by atoms with van der Waals surface area (Å²) >= 11 is 2.88. The smallest absolute Gasteiger partial charge is 0.234 e. The van der Waals surface area contributed by atoms with Crippen molar-refractivity contribution in [3.63, 3.8) is 0 Å². The Balaban J connectivity index is 1.51. The number of nitrogens with zero attached hydrogens (tertiary/aromatic N) is 1. The number of hydrogen-bond acceptors (Lipinski definition) is 5. The molecule has 0 aliphatic carbocycles. The Labute approximate surface area is 182 Å². The van der Waals surface area contributed by atoms with Crippen LogP contribution < -0.4 is 10.6 Å². The van der Waals surface area contributed by atoms with Crippen molar-refractivity contribution in [3.05, 3.63) is 60.2 Å². The van der Waals surface area contributed by atoms with Crippen LogP contribution in [-0.2, 0) is 9.59 Å². The van der Waals surface area contributed by atoms with Crippen LogP contribution >= 0.6 is 23.5 Å². The number of imidazole rings is 1. The van der Waals surface area contributed by atoms with E-state index in [1.807, 2.05) is 30.5 Å². The van der Waals surface area contributed by atoms with Crippen LogP contribution in [0, 0.1) is 5.82 Å². The van der Waals surface area contributed by atoms with Gasteiger partial charge in [0.05, 0.1) is 34.3 Å². The maximum Gasteiger partial charge on any atom is 0.234 e. The molecule has 0 saturated heterocycles. The molecule has 9 heteroatoms. The molecule has 0 aliphatic rings. The lowest BCUT2D eigenvalue weighted by molar-refractivity contribution is -0.119. The first-order valence-electron chi connectivity index (χ1n) is 9.42. The lowest BCUT2D eigenvalue weighted by atomic mass is 10.2. The van der Waals surface area contributed by atoms with Gasteiger partial charge in [0.2, 0.25) is 11.8 Å². The summed E-state index contributed by atoms with van der Waals surface area (Å²) < 4.78 is 13.6. The molecule has 1 heterocycles. The molecular weight excluding hydrogens is 423 g/mol. The predicted molar refractivity (Wildman–Crippen MR) is 122 cm³/mol. The molecular formula is C21H23FN4O2S2. The molecule has 30 heavy (non-hydrogen) atoms. The number of halogens is 1. The van der Waals surface area contributed by atoms with Gasteiger partial charge < -0.3 is 15.6 Å². The number of para-hydroxylation sites is 3. The molecule has 0 bridgehead atoms. The summed E-state index contributed by atoms with van der Waals surface area (Å²) in [5.74, 6) is 0.763. The van der Waals surface area contributed by atoms with E-state index in [-0.39, 0.29) is 35.0 Å². The zero-order valence-corrected chi connectivity index (χ0v) is 18.1. The molecule has 0 fully saturated rings. The highest BCUT2D eigenvalue weighted by atomic mass is 32.2. The second-order valence-electron chi connectivity index (χ2n) is 6.56. The van der Waals surface area contributed by atoms with Gasteiger partial charge in [-0.3, -0.25) is 9.59 Å². The van der Waals surface area contributed by atoms with Crippen molar-refractivity contribution in [3.8, 4) is 0 Å². The van der Waals surface area contributed by atoms with Crippen molar-refractivity contribution in [2.75, 3.05) is 28.8 Å². The number of carbonyl (C=O) groups is 2. The summed E-state index contributed by atoms with van der Waals surface area (Å²) in [6.07, 6.45) is 2.76. The van der Waals surface area contributed by atoms with Gasteiger partial charge in [0.15, 0.2) is 0 Å². The molecule has 2 amide bonds. The Kier molecular flexibility index (Phi) is 8.15. The van der Waals surface area contributed by atoms with Gasteiger partial charge in [-0.2, -0.15) is 11.8 Å². The normalized spacial score (nSPS) is 11.9. The van der Waals surface area contributed by atoms with Crippen LogP contribution in [-0.4, -0.2) is 45.3 Å². The molecule has 3 N–H and O–H groups in total. The molecule has 1 aromatic heterocycles.